The molecule has 1 fully saturated rings. The van der Waals surface area contributed by atoms with E-state index in [0.29, 0.717) is 63.9 Å². The third-order valence-electron chi connectivity index (χ3n) is 4.64. The minimum absolute atomic E-state index is 0.301. The van der Waals surface area contributed by atoms with E-state index in [-0.39, 0.29) is 5.91 Å². The molecule has 8 heteroatoms. The van der Waals surface area contributed by atoms with E-state index in [1.54, 1.807) is 36.1 Å². The lowest BCUT2D eigenvalue weighted by molar-refractivity contribution is -0.137. The predicted octanol–water partition coefficient (Wildman–Crippen LogP) is 0.563. The van der Waals surface area contributed by atoms with Gasteiger partial charge in [-0.1, -0.05) is 12.1 Å². The maximum atomic E-state index is 13.0. The first-order chi connectivity index (χ1) is 13.1. The second kappa shape index (κ2) is 9.07. The Balaban J connectivity index is 1.69. The van der Waals surface area contributed by atoms with Crippen molar-refractivity contribution in [1.82, 2.24) is 9.80 Å². The van der Waals surface area contributed by atoms with Crippen molar-refractivity contribution >= 4 is 17.7 Å². The lowest BCUT2D eigenvalue weighted by atomic mass is 10.1. The molecule has 1 atom stereocenters. The van der Waals surface area contributed by atoms with Crippen LogP contribution in [0.1, 0.15) is 27.6 Å². The Morgan fingerprint density at radius 2 is 1.30 bits per heavy atom. The average Bonchev–Trinajstić information content (AvgIpc) is 2.92. The zero-order valence-corrected chi connectivity index (χ0v) is 15.4. The molecule has 0 radical (unpaired) electrons. The van der Waals surface area contributed by atoms with Crippen LogP contribution >= 0.6 is 0 Å². The van der Waals surface area contributed by atoms with E-state index in [1.807, 2.05) is 0 Å². The van der Waals surface area contributed by atoms with Crippen LogP contribution in [0.15, 0.2) is 24.3 Å². The summed E-state index contributed by atoms with van der Waals surface area (Å²) in [6.07, 6.45) is 0. The van der Waals surface area contributed by atoms with E-state index in [2.05, 4.69) is 0 Å². The van der Waals surface area contributed by atoms with E-state index in [9.17, 15) is 14.4 Å². The molecule has 2 heterocycles. The lowest BCUT2D eigenvalue weighted by Gasteiger charge is -2.29. The normalized spacial score (nSPS) is 20.6. The summed E-state index contributed by atoms with van der Waals surface area (Å²) in [5.41, 5.74) is 0.671. The highest BCUT2D eigenvalue weighted by Crippen LogP contribution is 2.25. The third kappa shape index (κ3) is 4.35. The van der Waals surface area contributed by atoms with Gasteiger partial charge in [-0.25, -0.2) is 0 Å². The van der Waals surface area contributed by atoms with Crippen molar-refractivity contribution in [2.45, 2.75) is 13.0 Å². The molecule has 0 spiro atoms. The van der Waals surface area contributed by atoms with Gasteiger partial charge in [0.05, 0.1) is 50.8 Å². The van der Waals surface area contributed by atoms with Crippen molar-refractivity contribution in [3.8, 4) is 0 Å². The molecule has 0 N–H and O–H groups in total. The number of imide groups is 1. The molecule has 3 amide bonds. The number of nitrogens with zero attached hydrogens (tertiary/aromatic N) is 2. The second-order valence-corrected chi connectivity index (χ2v) is 6.36. The molecule has 1 saturated heterocycles. The number of rotatable bonds is 2. The highest BCUT2D eigenvalue weighted by molar-refractivity contribution is 6.22. The zero-order chi connectivity index (χ0) is 19.2. The van der Waals surface area contributed by atoms with E-state index >= 15 is 0 Å². The van der Waals surface area contributed by atoms with E-state index in [4.69, 9.17) is 14.2 Å². The van der Waals surface area contributed by atoms with E-state index in [1.165, 1.54) is 0 Å². The van der Waals surface area contributed by atoms with Gasteiger partial charge in [0, 0.05) is 13.1 Å². The fraction of sp³-hybridized carbons (Fsp3) is 0.526. The van der Waals surface area contributed by atoms with Crippen LogP contribution in [0, 0.1) is 0 Å². The van der Waals surface area contributed by atoms with Gasteiger partial charge in [-0.2, -0.15) is 0 Å². The van der Waals surface area contributed by atoms with Gasteiger partial charge in [-0.05, 0) is 19.1 Å². The Bertz CT molecular complexity index is 660. The van der Waals surface area contributed by atoms with Crippen LogP contribution in [-0.2, 0) is 19.0 Å². The van der Waals surface area contributed by atoms with Crippen LogP contribution in [0.25, 0.3) is 0 Å². The SMILES string of the molecule is CC(C(=O)N1CCOCCOCCOCC1)N1C(=O)c2ccccc2C1=O. The Morgan fingerprint density at radius 3 is 1.78 bits per heavy atom. The third-order valence-corrected chi connectivity index (χ3v) is 4.64. The van der Waals surface area contributed by atoms with Gasteiger partial charge in [0.2, 0.25) is 5.91 Å². The van der Waals surface area contributed by atoms with Crippen LogP contribution in [0.2, 0.25) is 0 Å². The van der Waals surface area contributed by atoms with Crippen molar-refractivity contribution in [2.75, 3.05) is 52.7 Å². The standard InChI is InChI=1S/C19H24N2O6/c1-14(21-18(23)15-4-2-3-5-16(15)19(21)24)17(22)20-6-8-25-10-12-27-13-11-26-9-7-20/h2-5,14H,6-13H2,1H3. The molecule has 1 aromatic carbocycles. The van der Waals surface area contributed by atoms with Gasteiger partial charge in [0.1, 0.15) is 6.04 Å². The molecular formula is C19H24N2O6. The summed E-state index contributed by atoms with van der Waals surface area (Å²) in [7, 11) is 0. The molecule has 1 aromatic rings. The number of carbonyl (C=O) groups is 3. The summed E-state index contributed by atoms with van der Waals surface area (Å²) >= 11 is 0. The summed E-state index contributed by atoms with van der Waals surface area (Å²) in [4.78, 5) is 40.8. The first kappa shape index (κ1) is 19.5. The molecule has 3 rings (SSSR count). The Kier molecular flexibility index (Phi) is 6.54. The topological polar surface area (TPSA) is 85.4 Å². The first-order valence-corrected chi connectivity index (χ1v) is 9.10. The summed E-state index contributed by atoms with van der Waals surface area (Å²) in [6.45, 7) is 4.83. The maximum Gasteiger partial charge on any atom is 0.262 e. The fourth-order valence-electron chi connectivity index (χ4n) is 3.16. The second-order valence-electron chi connectivity index (χ2n) is 6.36. The largest absolute Gasteiger partial charge is 0.377 e. The van der Waals surface area contributed by atoms with Gasteiger partial charge in [-0.15, -0.1) is 0 Å². The average molecular weight is 376 g/mol. The summed E-state index contributed by atoms with van der Waals surface area (Å²) in [5.74, 6) is -1.17. The van der Waals surface area contributed by atoms with Gasteiger partial charge in [-0.3, -0.25) is 19.3 Å². The summed E-state index contributed by atoms with van der Waals surface area (Å²) < 4.78 is 16.3. The zero-order valence-electron chi connectivity index (χ0n) is 15.4. The van der Waals surface area contributed by atoms with Gasteiger partial charge >= 0.3 is 0 Å². The quantitative estimate of drug-likeness (QED) is 0.702. The molecule has 146 valence electrons. The molecule has 0 bridgehead atoms. The highest BCUT2D eigenvalue weighted by Gasteiger charge is 2.41. The number of carbonyl (C=O) groups excluding carboxylic acids is 3. The van der Waals surface area contributed by atoms with Crippen LogP contribution < -0.4 is 0 Å². The highest BCUT2D eigenvalue weighted by atomic mass is 16.5. The van der Waals surface area contributed by atoms with Crippen LogP contribution in [0.4, 0.5) is 0 Å². The smallest absolute Gasteiger partial charge is 0.262 e. The molecule has 2 aliphatic rings. The van der Waals surface area contributed by atoms with Crippen LogP contribution in [0.3, 0.4) is 0 Å². The molecule has 1 unspecified atom stereocenters. The molecule has 2 aliphatic heterocycles. The van der Waals surface area contributed by atoms with Crippen LogP contribution in [-0.4, -0.2) is 86.3 Å². The van der Waals surface area contributed by atoms with Gasteiger partial charge in [0.25, 0.3) is 11.8 Å². The summed E-state index contributed by atoms with van der Waals surface area (Å²) in [5, 5.41) is 0. The van der Waals surface area contributed by atoms with Crippen molar-refractivity contribution < 1.29 is 28.6 Å². The van der Waals surface area contributed by atoms with Crippen molar-refractivity contribution in [3.05, 3.63) is 35.4 Å². The fourth-order valence-corrected chi connectivity index (χ4v) is 3.16. The number of amides is 3. The van der Waals surface area contributed by atoms with E-state index in [0.717, 1.165) is 4.90 Å². The van der Waals surface area contributed by atoms with Crippen molar-refractivity contribution in [1.29, 1.82) is 0 Å². The minimum Gasteiger partial charge on any atom is -0.377 e. The monoisotopic (exact) mass is 376 g/mol. The minimum atomic E-state index is -0.895. The lowest BCUT2D eigenvalue weighted by Crippen LogP contribution is -2.51. The molecular weight excluding hydrogens is 352 g/mol. The summed E-state index contributed by atoms with van der Waals surface area (Å²) in [6, 6.07) is 5.72. The van der Waals surface area contributed by atoms with Gasteiger partial charge in [0.15, 0.2) is 0 Å². The molecule has 0 saturated carbocycles. The maximum absolute atomic E-state index is 13.0. The first-order valence-electron chi connectivity index (χ1n) is 9.10. The number of ether oxygens (including phenoxy) is 3. The predicted molar refractivity (Wildman–Crippen MR) is 95.4 cm³/mol. The van der Waals surface area contributed by atoms with Crippen molar-refractivity contribution in [2.24, 2.45) is 0 Å². The Hall–Kier alpha value is -2.29. The van der Waals surface area contributed by atoms with E-state index < -0.39 is 17.9 Å². The number of hydrogen-bond acceptors (Lipinski definition) is 6. The Labute approximate surface area is 158 Å². The molecule has 0 aliphatic carbocycles. The molecule has 8 nitrogen and oxygen atoms in total. The number of fused-ring (bicyclic) bond motifs is 1. The van der Waals surface area contributed by atoms with Crippen molar-refractivity contribution in [3.63, 3.8) is 0 Å². The number of hydrogen-bond donors (Lipinski definition) is 0. The van der Waals surface area contributed by atoms with Gasteiger partial charge < -0.3 is 19.1 Å². The van der Waals surface area contributed by atoms with Crippen LogP contribution in [0.5, 0.6) is 0 Å². The molecule has 27 heavy (non-hydrogen) atoms. The Morgan fingerprint density at radius 1 is 0.852 bits per heavy atom. The molecule has 0 aromatic heterocycles. The number of benzene rings is 1.